The molecule has 1 aromatic rings. The monoisotopic (exact) mass is 371 g/mol. The zero-order valence-corrected chi connectivity index (χ0v) is 15.4. The molecular formula is C19H21N3O3S. The van der Waals surface area contributed by atoms with Gasteiger partial charge >= 0.3 is 0 Å². The van der Waals surface area contributed by atoms with E-state index in [4.69, 9.17) is 0 Å². The van der Waals surface area contributed by atoms with Gasteiger partial charge in [0.1, 0.15) is 0 Å². The number of ketones is 1. The van der Waals surface area contributed by atoms with E-state index < -0.39 is 17.6 Å². The van der Waals surface area contributed by atoms with E-state index in [9.17, 15) is 19.6 Å². The first-order valence-corrected chi connectivity index (χ1v) is 9.73. The number of nitriles is 1. The van der Waals surface area contributed by atoms with Gasteiger partial charge in [0, 0.05) is 16.5 Å². The predicted octanol–water partition coefficient (Wildman–Crippen LogP) is 2.89. The van der Waals surface area contributed by atoms with Gasteiger partial charge in [-0.1, -0.05) is 25.3 Å². The highest BCUT2D eigenvalue weighted by Gasteiger charge is 2.31. The Morgan fingerprint density at radius 1 is 1.31 bits per heavy atom. The van der Waals surface area contributed by atoms with Crippen molar-refractivity contribution in [2.45, 2.75) is 55.2 Å². The highest BCUT2D eigenvalue weighted by Crippen LogP contribution is 2.36. The van der Waals surface area contributed by atoms with E-state index in [0.717, 1.165) is 37.0 Å². The van der Waals surface area contributed by atoms with E-state index in [1.807, 2.05) is 13.0 Å². The van der Waals surface area contributed by atoms with Crippen LogP contribution < -0.4 is 10.6 Å². The third kappa shape index (κ3) is 3.91. The van der Waals surface area contributed by atoms with Crippen molar-refractivity contribution < 1.29 is 14.4 Å². The van der Waals surface area contributed by atoms with Gasteiger partial charge in [0.15, 0.2) is 11.7 Å². The van der Waals surface area contributed by atoms with Crippen molar-refractivity contribution in [3.8, 4) is 6.07 Å². The predicted molar refractivity (Wildman–Crippen MR) is 98.8 cm³/mol. The number of carbonyl (C=O) groups excluding carboxylic acids is 3. The first kappa shape index (κ1) is 18.5. The van der Waals surface area contributed by atoms with Gasteiger partial charge in [-0.15, -0.1) is 11.8 Å². The summed E-state index contributed by atoms with van der Waals surface area (Å²) in [6, 6.07) is 6.78. The normalized spacial score (nSPS) is 21.1. The summed E-state index contributed by atoms with van der Waals surface area (Å²) in [5, 5.41) is 14.8. The van der Waals surface area contributed by atoms with Gasteiger partial charge in [-0.05, 0) is 31.9 Å². The second-order valence-corrected chi connectivity index (χ2v) is 8.11. The largest absolute Gasteiger partial charge is 0.352 e. The number of Topliss-reactive ketones (excluding diaryl/α,β-unsaturated/α-hetero) is 1. The van der Waals surface area contributed by atoms with E-state index in [1.165, 1.54) is 11.8 Å². The van der Waals surface area contributed by atoms with Gasteiger partial charge in [-0.25, -0.2) is 0 Å². The standard InChI is InChI=1S/C19H21N3O3S/c1-11-18(24)22-15-9-12(7-8-16(15)26-11)17(23)14(10-20)19(25)21-13-5-3-2-4-6-13/h7-9,11,13-14H,2-6H2,1H3,(H,21,25)(H,22,24)/t11-,14-/m0/s1. The van der Waals surface area contributed by atoms with Gasteiger partial charge in [0.25, 0.3) is 0 Å². The molecule has 0 unspecified atom stereocenters. The van der Waals surface area contributed by atoms with Crippen LogP contribution in [0.5, 0.6) is 0 Å². The first-order chi connectivity index (χ1) is 12.5. The Hall–Kier alpha value is -2.33. The second-order valence-electron chi connectivity index (χ2n) is 6.73. The van der Waals surface area contributed by atoms with E-state index in [-0.39, 0.29) is 22.8 Å². The van der Waals surface area contributed by atoms with Crippen molar-refractivity contribution in [3.63, 3.8) is 0 Å². The Morgan fingerprint density at radius 2 is 2.04 bits per heavy atom. The molecule has 6 nitrogen and oxygen atoms in total. The molecule has 2 atom stereocenters. The lowest BCUT2D eigenvalue weighted by Crippen LogP contribution is -2.42. The van der Waals surface area contributed by atoms with E-state index >= 15 is 0 Å². The van der Waals surface area contributed by atoms with Crippen molar-refractivity contribution >= 4 is 35.0 Å². The van der Waals surface area contributed by atoms with Crippen molar-refractivity contribution in [1.29, 1.82) is 5.26 Å². The molecule has 0 saturated heterocycles. The minimum absolute atomic E-state index is 0.0422. The van der Waals surface area contributed by atoms with Crippen LogP contribution in [0.15, 0.2) is 23.1 Å². The Morgan fingerprint density at radius 3 is 2.73 bits per heavy atom. The maximum Gasteiger partial charge on any atom is 0.245 e. The number of carbonyl (C=O) groups is 3. The lowest BCUT2D eigenvalue weighted by Gasteiger charge is -2.24. The van der Waals surface area contributed by atoms with Gasteiger partial charge < -0.3 is 10.6 Å². The summed E-state index contributed by atoms with van der Waals surface area (Å²) in [6.07, 6.45) is 5.04. The average molecular weight is 371 g/mol. The van der Waals surface area contributed by atoms with Crippen molar-refractivity contribution in [2.75, 3.05) is 5.32 Å². The average Bonchev–Trinajstić information content (AvgIpc) is 2.63. The number of benzene rings is 1. The molecule has 2 N–H and O–H groups in total. The molecule has 2 amide bonds. The fourth-order valence-electron chi connectivity index (χ4n) is 3.30. The van der Waals surface area contributed by atoms with E-state index in [1.54, 1.807) is 18.2 Å². The molecule has 1 heterocycles. The fourth-order valence-corrected chi connectivity index (χ4v) is 4.23. The highest BCUT2D eigenvalue weighted by atomic mass is 32.2. The molecular weight excluding hydrogens is 350 g/mol. The smallest absolute Gasteiger partial charge is 0.245 e. The molecule has 1 fully saturated rings. The second kappa shape index (κ2) is 7.92. The SMILES string of the molecule is C[C@@H]1Sc2ccc(C(=O)[C@H](C#N)C(=O)NC3CCCCC3)cc2NC1=O. The first-order valence-electron chi connectivity index (χ1n) is 8.85. The van der Waals surface area contributed by atoms with Crippen LogP contribution in [0.3, 0.4) is 0 Å². The molecule has 0 spiro atoms. The zero-order valence-electron chi connectivity index (χ0n) is 14.6. The number of nitrogens with zero attached hydrogens (tertiary/aromatic N) is 1. The summed E-state index contributed by atoms with van der Waals surface area (Å²) in [4.78, 5) is 37.8. The van der Waals surface area contributed by atoms with Crippen LogP contribution in [0.25, 0.3) is 0 Å². The van der Waals surface area contributed by atoms with Gasteiger partial charge in [0.05, 0.1) is 17.0 Å². The molecule has 2 aliphatic rings. The van der Waals surface area contributed by atoms with Gasteiger partial charge in [-0.3, -0.25) is 14.4 Å². The van der Waals surface area contributed by atoms with E-state index in [2.05, 4.69) is 10.6 Å². The van der Waals surface area contributed by atoms with Crippen LogP contribution in [-0.4, -0.2) is 28.9 Å². The molecule has 136 valence electrons. The van der Waals surface area contributed by atoms with E-state index in [0.29, 0.717) is 5.69 Å². The maximum atomic E-state index is 12.7. The number of hydrogen-bond acceptors (Lipinski definition) is 5. The Kier molecular flexibility index (Phi) is 5.62. The summed E-state index contributed by atoms with van der Waals surface area (Å²) in [6.45, 7) is 1.81. The van der Waals surface area contributed by atoms with Crippen LogP contribution in [0.4, 0.5) is 5.69 Å². The van der Waals surface area contributed by atoms with Crippen LogP contribution in [0, 0.1) is 17.2 Å². The summed E-state index contributed by atoms with van der Waals surface area (Å²) < 4.78 is 0. The number of fused-ring (bicyclic) bond motifs is 1. The maximum absolute atomic E-state index is 12.7. The number of nitrogens with one attached hydrogen (secondary N) is 2. The Labute approximate surface area is 156 Å². The van der Waals surface area contributed by atoms with Crippen molar-refractivity contribution in [1.82, 2.24) is 5.32 Å². The van der Waals surface area contributed by atoms with Crippen LogP contribution in [0.1, 0.15) is 49.4 Å². The number of rotatable bonds is 4. The summed E-state index contributed by atoms with van der Waals surface area (Å²) >= 11 is 1.42. The summed E-state index contributed by atoms with van der Waals surface area (Å²) in [7, 11) is 0. The number of amides is 2. The molecule has 26 heavy (non-hydrogen) atoms. The molecule has 0 bridgehead atoms. The zero-order chi connectivity index (χ0) is 18.7. The quantitative estimate of drug-likeness (QED) is 0.626. The van der Waals surface area contributed by atoms with Crippen molar-refractivity contribution in [2.24, 2.45) is 5.92 Å². The summed E-state index contributed by atoms with van der Waals surface area (Å²) in [5.41, 5.74) is 0.804. The number of hydrogen-bond donors (Lipinski definition) is 2. The third-order valence-electron chi connectivity index (χ3n) is 4.80. The molecule has 1 aliphatic carbocycles. The lowest BCUT2D eigenvalue weighted by atomic mass is 9.93. The third-order valence-corrected chi connectivity index (χ3v) is 5.98. The lowest BCUT2D eigenvalue weighted by molar-refractivity contribution is -0.123. The minimum Gasteiger partial charge on any atom is -0.352 e. The molecule has 3 rings (SSSR count). The highest BCUT2D eigenvalue weighted by molar-refractivity contribution is 8.00. The number of anilines is 1. The van der Waals surface area contributed by atoms with Crippen LogP contribution in [0.2, 0.25) is 0 Å². The minimum atomic E-state index is -1.37. The molecule has 7 heteroatoms. The number of thioether (sulfide) groups is 1. The van der Waals surface area contributed by atoms with Crippen LogP contribution >= 0.6 is 11.8 Å². The van der Waals surface area contributed by atoms with Crippen molar-refractivity contribution in [3.05, 3.63) is 23.8 Å². The van der Waals surface area contributed by atoms with Crippen LogP contribution in [-0.2, 0) is 9.59 Å². The summed E-state index contributed by atoms with van der Waals surface area (Å²) in [5.74, 6) is -2.57. The molecule has 1 aliphatic heterocycles. The fraction of sp³-hybridized carbons (Fsp3) is 0.474. The van der Waals surface area contributed by atoms with Gasteiger partial charge in [-0.2, -0.15) is 5.26 Å². The molecule has 1 saturated carbocycles. The molecule has 0 aromatic heterocycles. The Balaban J connectivity index is 1.74. The molecule has 1 aromatic carbocycles. The molecule has 0 radical (unpaired) electrons. The Bertz CT molecular complexity index is 781. The topological polar surface area (TPSA) is 99.1 Å². The van der Waals surface area contributed by atoms with Gasteiger partial charge in [0.2, 0.25) is 11.8 Å².